The molecule has 2 fully saturated rings. The Kier molecular flexibility index (Phi) is 4.75. The average Bonchev–Trinajstić information content (AvgIpc) is 3.23. The molecule has 0 saturated carbocycles. The molecule has 0 atom stereocenters. The maximum atomic E-state index is 12.4. The topological polar surface area (TPSA) is 69.0 Å². The number of piperazine rings is 2. The van der Waals surface area contributed by atoms with Crippen LogP contribution in [-0.2, 0) is 0 Å². The highest BCUT2D eigenvalue weighted by Crippen LogP contribution is 2.20. The molecule has 2 aliphatic rings. The lowest BCUT2D eigenvalue weighted by Gasteiger charge is -2.36. The fraction of sp³-hybridized carbons (Fsp3) is 0.500. The van der Waals surface area contributed by atoms with Gasteiger partial charge in [0.25, 0.3) is 5.91 Å². The van der Waals surface area contributed by atoms with E-state index in [1.165, 1.54) is 12.5 Å². The average molecular weight is 356 g/mol. The number of carbonyl (C=O) groups is 1. The lowest BCUT2D eigenvalue weighted by Crippen LogP contribution is -2.49. The minimum absolute atomic E-state index is 0.0270. The van der Waals surface area contributed by atoms with Gasteiger partial charge in [-0.1, -0.05) is 0 Å². The van der Waals surface area contributed by atoms with Crippen molar-refractivity contribution in [3.05, 3.63) is 36.5 Å². The monoisotopic (exact) mass is 356 g/mol. The molecule has 0 N–H and O–H groups in total. The van der Waals surface area contributed by atoms with Gasteiger partial charge in [0.05, 0.1) is 11.8 Å². The Balaban J connectivity index is 1.38. The predicted octanol–water partition coefficient (Wildman–Crippen LogP) is 0.784. The molecular formula is C18H24N6O2. The highest BCUT2D eigenvalue weighted by molar-refractivity contribution is 5.94. The van der Waals surface area contributed by atoms with E-state index in [0.717, 1.165) is 50.9 Å². The molecule has 4 rings (SSSR count). The lowest BCUT2D eigenvalue weighted by molar-refractivity contribution is 0.0746. The minimum atomic E-state index is 0.0270. The molecule has 26 heavy (non-hydrogen) atoms. The summed E-state index contributed by atoms with van der Waals surface area (Å²) in [5, 5.41) is 0. The Bertz CT molecular complexity index is 734. The molecule has 0 bridgehead atoms. The number of anilines is 2. The van der Waals surface area contributed by atoms with Crippen LogP contribution in [0.5, 0.6) is 0 Å². The molecule has 0 aliphatic carbocycles. The Morgan fingerprint density at radius 1 is 0.962 bits per heavy atom. The summed E-state index contributed by atoms with van der Waals surface area (Å²) >= 11 is 0. The first kappa shape index (κ1) is 16.8. The van der Waals surface area contributed by atoms with Crippen LogP contribution in [0.25, 0.3) is 0 Å². The van der Waals surface area contributed by atoms with Crippen molar-refractivity contribution < 1.29 is 9.21 Å². The van der Waals surface area contributed by atoms with Crippen LogP contribution in [0.3, 0.4) is 0 Å². The number of furan rings is 1. The fourth-order valence-corrected chi connectivity index (χ4v) is 3.43. The standard InChI is InChI=1S/C18H24N6O2/c1-21-3-5-22(6-4-21)16-12-17(20-14-19-16)23-7-9-24(10-8-23)18(25)15-2-11-26-13-15/h2,11-14H,3-10H2,1H3. The van der Waals surface area contributed by atoms with Gasteiger partial charge in [-0.15, -0.1) is 0 Å². The van der Waals surface area contributed by atoms with Gasteiger partial charge in [-0.25, -0.2) is 9.97 Å². The van der Waals surface area contributed by atoms with Crippen LogP contribution < -0.4 is 9.80 Å². The van der Waals surface area contributed by atoms with Crippen LogP contribution in [0, 0.1) is 0 Å². The van der Waals surface area contributed by atoms with E-state index in [1.54, 1.807) is 12.4 Å². The molecule has 138 valence electrons. The molecule has 1 amide bonds. The lowest BCUT2D eigenvalue weighted by atomic mass is 10.2. The Labute approximate surface area is 153 Å². The van der Waals surface area contributed by atoms with Gasteiger partial charge in [-0.2, -0.15) is 0 Å². The quantitative estimate of drug-likeness (QED) is 0.805. The molecule has 2 saturated heterocycles. The Hall–Kier alpha value is -2.61. The van der Waals surface area contributed by atoms with Gasteiger partial charge >= 0.3 is 0 Å². The predicted molar refractivity (Wildman–Crippen MR) is 98.6 cm³/mol. The van der Waals surface area contributed by atoms with Crippen LogP contribution >= 0.6 is 0 Å². The molecule has 0 spiro atoms. The zero-order chi connectivity index (χ0) is 17.9. The highest BCUT2D eigenvalue weighted by atomic mass is 16.3. The zero-order valence-corrected chi connectivity index (χ0v) is 15.0. The summed E-state index contributed by atoms with van der Waals surface area (Å²) in [7, 11) is 2.15. The van der Waals surface area contributed by atoms with Gasteiger partial charge in [-0.05, 0) is 13.1 Å². The van der Waals surface area contributed by atoms with E-state index in [1.807, 2.05) is 4.90 Å². The number of carbonyl (C=O) groups excluding carboxylic acids is 1. The third-order valence-corrected chi connectivity index (χ3v) is 5.12. The van der Waals surface area contributed by atoms with E-state index >= 15 is 0 Å². The van der Waals surface area contributed by atoms with Crippen molar-refractivity contribution in [3.63, 3.8) is 0 Å². The normalized spacial score (nSPS) is 19.0. The number of aromatic nitrogens is 2. The smallest absolute Gasteiger partial charge is 0.257 e. The van der Waals surface area contributed by atoms with Crippen LogP contribution in [0.4, 0.5) is 11.6 Å². The molecule has 8 heteroatoms. The number of hydrogen-bond donors (Lipinski definition) is 0. The molecule has 0 radical (unpaired) electrons. The number of nitrogens with zero attached hydrogens (tertiary/aromatic N) is 6. The summed E-state index contributed by atoms with van der Waals surface area (Å²) in [5.41, 5.74) is 0.609. The summed E-state index contributed by atoms with van der Waals surface area (Å²) in [6.45, 7) is 6.96. The van der Waals surface area contributed by atoms with Crippen molar-refractivity contribution in [2.75, 3.05) is 69.2 Å². The van der Waals surface area contributed by atoms with Gasteiger partial charge in [0, 0.05) is 58.4 Å². The van der Waals surface area contributed by atoms with E-state index in [0.29, 0.717) is 18.7 Å². The highest BCUT2D eigenvalue weighted by Gasteiger charge is 2.24. The first-order chi connectivity index (χ1) is 12.7. The molecular weight excluding hydrogens is 332 g/mol. The summed E-state index contributed by atoms with van der Waals surface area (Å²) in [6, 6.07) is 3.78. The van der Waals surface area contributed by atoms with E-state index in [-0.39, 0.29) is 5.91 Å². The van der Waals surface area contributed by atoms with Crippen LogP contribution in [0.15, 0.2) is 35.4 Å². The van der Waals surface area contributed by atoms with Crippen molar-refractivity contribution in [1.29, 1.82) is 0 Å². The van der Waals surface area contributed by atoms with E-state index in [2.05, 4.69) is 37.8 Å². The van der Waals surface area contributed by atoms with Gasteiger partial charge in [0.1, 0.15) is 24.2 Å². The van der Waals surface area contributed by atoms with Crippen molar-refractivity contribution in [2.24, 2.45) is 0 Å². The number of rotatable bonds is 3. The molecule has 0 aromatic carbocycles. The third kappa shape index (κ3) is 3.50. The molecule has 2 aromatic heterocycles. The van der Waals surface area contributed by atoms with Crippen LogP contribution in [0.1, 0.15) is 10.4 Å². The van der Waals surface area contributed by atoms with Gasteiger partial charge in [-0.3, -0.25) is 4.79 Å². The first-order valence-electron chi connectivity index (χ1n) is 9.03. The maximum Gasteiger partial charge on any atom is 0.257 e. The fourth-order valence-electron chi connectivity index (χ4n) is 3.43. The molecule has 2 aromatic rings. The first-order valence-corrected chi connectivity index (χ1v) is 9.03. The second kappa shape index (κ2) is 7.33. The van der Waals surface area contributed by atoms with Crippen LogP contribution in [0.2, 0.25) is 0 Å². The summed E-state index contributed by atoms with van der Waals surface area (Å²) in [5.74, 6) is 1.95. The van der Waals surface area contributed by atoms with E-state index < -0.39 is 0 Å². The largest absolute Gasteiger partial charge is 0.472 e. The second-order valence-corrected chi connectivity index (χ2v) is 6.82. The molecule has 8 nitrogen and oxygen atoms in total. The van der Waals surface area contributed by atoms with E-state index in [4.69, 9.17) is 4.42 Å². The maximum absolute atomic E-state index is 12.4. The Morgan fingerprint density at radius 3 is 2.15 bits per heavy atom. The van der Waals surface area contributed by atoms with Crippen molar-refractivity contribution in [2.45, 2.75) is 0 Å². The second-order valence-electron chi connectivity index (χ2n) is 6.82. The minimum Gasteiger partial charge on any atom is -0.472 e. The van der Waals surface area contributed by atoms with E-state index in [9.17, 15) is 4.79 Å². The van der Waals surface area contributed by atoms with Crippen molar-refractivity contribution in [3.8, 4) is 0 Å². The molecule has 4 heterocycles. The number of hydrogen-bond acceptors (Lipinski definition) is 7. The van der Waals surface area contributed by atoms with Crippen LogP contribution in [-0.4, -0.2) is 85.1 Å². The summed E-state index contributed by atoms with van der Waals surface area (Å²) < 4.78 is 5.01. The number of amides is 1. The summed E-state index contributed by atoms with van der Waals surface area (Å²) in [6.07, 6.45) is 4.68. The van der Waals surface area contributed by atoms with Crippen molar-refractivity contribution in [1.82, 2.24) is 19.8 Å². The van der Waals surface area contributed by atoms with Gasteiger partial charge in [0.2, 0.25) is 0 Å². The zero-order valence-electron chi connectivity index (χ0n) is 15.0. The summed E-state index contributed by atoms with van der Waals surface area (Å²) in [4.78, 5) is 30.0. The number of likely N-dealkylation sites (N-methyl/N-ethyl adjacent to an activating group) is 1. The Morgan fingerprint density at radius 2 is 1.58 bits per heavy atom. The van der Waals surface area contributed by atoms with Gasteiger partial charge in [0.15, 0.2) is 0 Å². The molecule has 0 unspecified atom stereocenters. The third-order valence-electron chi connectivity index (χ3n) is 5.12. The van der Waals surface area contributed by atoms with Crippen molar-refractivity contribution >= 4 is 17.5 Å². The molecule has 2 aliphatic heterocycles. The van der Waals surface area contributed by atoms with Gasteiger partial charge < -0.3 is 24.0 Å². The SMILES string of the molecule is CN1CCN(c2cc(N3CCN(C(=O)c4ccoc4)CC3)ncn2)CC1.